The lowest BCUT2D eigenvalue weighted by Gasteiger charge is -2.34. The van der Waals surface area contributed by atoms with Gasteiger partial charge in [0, 0.05) is 37.7 Å². The molecular weight excluding hydrogens is 396 g/mol. The topological polar surface area (TPSA) is 122 Å². The van der Waals surface area contributed by atoms with Gasteiger partial charge in [-0.2, -0.15) is 0 Å². The van der Waals surface area contributed by atoms with Crippen molar-refractivity contribution in [2.75, 3.05) is 19.6 Å². The molecule has 0 unspecified atom stereocenters. The summed E-state index contributed by atoms with van der Waals surface area (Å²) < 4.78 is 5.26. The van der Waals surface area contributed by atoms with Crippen LogP contribution in [0.5, 0.6) is 5.75 Å². The number of likely N-dealkylation sites (tertiary alicyclic amines) is 1. The van der Waals surface area contributed by atoms with E-state index in [9.17, 15) is 14.7 Å². The highest BCUT2D eigenvalue weighted by molar-refractivity contribution is 5.92. The van der Waals surface area contributed by atoms with Crippen LogP contribution in [0.2, 0.25) is 0 Å². The van der Waals surface area contributed by atoms with Gasteiger partial charge in [0.2, 0.25) is 5.91 Å². The third kappa shape index (κ3) is 5.07. The molecule has 2 heterocycles. The first kappa shape index (κ1) is 21.4. The van der Waals surface area contributed by atoms with E-state index in [1.807, 2.05) is 24.0 Å². The first-order valence-electron chi connectivity index (χ1n) is 11.0. The molecule has 1 saturated carbocycles. The van der Waals surface area contributed by atoms with Crippen LogP contribution >= 0.6 is 0 Å². The van der Waals surface area contributed by atoms with Crippen LogP contribution < -0.4 is 11.1 Å². The number of nitrogens with one attached hydrogen (secondary N) is 1. The molecular formula is C23H30N4O4. The quantitative estimate of drug-likeness (QED) is 0.623. The zero-order chi connectivity index (χ0) is 22.0. The van der Waals surface area contributed by atoms with Gasteiger partial charge in [-0.15, -0.1) is 0 Å². The van der Waals surface area contributed by atoms with Crippen molar-refractivity contribution in [1.29, 1.82) is 0 Å². The summed E-state index contributed by atoms with van der Waals surface area (Å²) in [6.07, 6.45) is 4.06. The molecule has 2 fully saturated rings. The molecule has 0 radical (unpaired) electrons. The van der Waals surface area contributed by atoms with Gasteiger partial charge in [-0.05, 0) is 56.2 Å². The van der Waals surface area contributed by atoms with E-state index in [-0.39, 0.29) is 36.1 Å². The molecule has 2 aromatic rings. The number of piperidine rings is 1. The fraction of sp³-hybridized carbons (Fsp3) is 0.522. The lowest BCUT2D eigenvalue weighted by atomic mass is 9.95. The number of phenolic OH excluding ortho intramolecular Hbond substituents is 1. The molecule has 1 atom stereocenters. The van der Waals surface area contributed by atoms with E-state index in [4.69, 9.17) is 10.3 Å². The molecule has 0 spiro atoms. The van der Waals surface area contributed by atoms with Crippen molar-refractivity contribution in [2.24, 2.45) is 11.7 Å². The van der Waals surface area contributed by atoms with Crippen molar-refractivity contribution in [3.05, 3.63) is 46.8 Å². The molecule has 2 amide bonds. The third-order valence-corrected chi connectivity index (χ3v) is 6.27. The normalized spacial score (nSPS) is 18.1. The Morgan fingerprint density at radius 1 is 1.26 bits per heavy atom. The van der Waals surface area contributed by atoms with E-state index in [0.717, 1.165) is 29.7 Å². The molecule has 1 aromatic carbocycles. The summed E-state index contributed by atoms with van der Waals surface area (Å²) in [7, 11) is 0. The number of hydrogen-bond donors (Lipinski definition) is 3. The minimum Gasteiger partial charge on any atom is -0.508 e. The molecule has 31 heavy (non-hydrogen) atoms. The highest BCUT2D eigenvalue weighted by Crippen LogP contribution is 2.40. The minimum absolute atomic E-state index is 0.00278. The molecule has 166 valence electrons. The SMILES string of the molecule is Cc1ccc(C[C@@H](CN)C(=O)N2CCC(NC(=O)c3cc(C4CC4)on3)CC2)cc1O. The Morgan fingerprint density at radius 3 is 2.65 bits per heavy atom. The molecule has 1 aliphatic carbocycles. The van der Waals surface area contributed by atoms with Crippen molar-refractivity contribution in [3.8, 4) is 5.75 Å². The largest absolute Gasteiger partial charge is 0.508 e. The molecule has 1 aliphatic heterocycles. The number of aryl methyl sites for hydroxylation is 1. The van der Waals surface area contributed by atoms with Gasteiger partial charge in [-0.1, -0.05) is 17.3 Å². The van der Waals surface area contributed by atoms with Crippen LogP contribution in [0.1, 0.15) is 59.0 Å². The van der Waals surface area contributed by atoms with Gasteiger partial charge in [0.15, 0.2) is 5.69 Å². The number of aromatic nitrogens is 1. The average molecular weight is 427 g/mol. The molecule has 8 heteroatoms. The van der Waals surface area contributed by atoms with E-state index in [1.54, 1.807) is 12.1 Å². The maximum atomic E-state index is 13.0. The standard InChI is InChI=1S/C23H30N4O4/c1-14-2-3-15(11-20(14)28)10-17(13-24)23(30)27-8-6-18(7-9-27)25-22(29)19-12-21(31-26-19)16-4-5-16/h2-3,11-12,16-18,28H,4-10,13,24H2,1H3,(H,25,29)/t17-/m0/s1. The van der Waals surface area contributed by atoms with Crippen LogP contribution in [-0.4, -0.2) is 52.7 Å². The number of aromatic hydroxyl groups is 1. The van der Waals surface area contributed by atoms with Crippen molar-refractivity contribution in [1.82, 2.24) is 15.4 Å². The van der Waals surface area contributed by atoms with E-state index in [0.29, 0.717) is 44.0 Å². The molecule has 0 bridgehead atoms. The second kappa shape index (κ2) is 9.09. The lowest BCUT2D eigenvalue weighted by molar-refractivity contribution is -0.136. The summed E-state index contributed by atoms with van der Waals surface area (Å²) in [5.41, 5.74) is 7.92. The number of nitrogens with two attached hydrogens (primary N) is 1. The van der Waals surface area contributed by atoms with Crippen LogP contribution in [-0.2, 0) is 11.2 Å². The summed E-state index contributed by atoms with van der Waals surface area (Å²) in [5.74, 6) is 0.915. The molecule has 8 nitrogen and oxygen atoms in total. The van der Waals surface area contributed by atoms with Crippen LogP contribution in [0.15, 0.2) is 28.8 Å². The molecule has 1 aromatic heterocycles. The highest BCUT2D eigenvalue weighted by Gasteiger charge is 2.31. The van der Waals surface area contributed by atoms with E-state index in [1.165, 1.54) is 0 Å². The number of hydrogen-bond acceptors (Lipinski definition) is 6. The number of carbonyl (C=O) groups is 2. The van der Waals surface area contributed by atoms with Crippen molar-refractivity contribution < 1.29 is 19.2 Å². The summed E-state index contributed by atoms with van der Waals surface area (Å²) in [4.78, 5) is 27.3. The number of phenols is 1. The predicted molar refractivity (Wildman–Crippen MR) is 115 cm³/mol. The Morgan fingerprint density at radius 2 is 2.00 bits per heavy atom. The summed E-state index contributed by atoms with van der Waals surface area (Å²) in [6.45, 7) is 3.24. The second-order valence-electron chi connectivity index (χ2n) is 8.72. The van der Waals surface area contributed by atoms with Crippen molar-refractivity contribution in [3.63, 3.8) is 0 Å². The Bertz CT molecular complexity index is 945. The number of carbonyl (C=O) groups excluding carboxylic acids is 2. The number of benzene rings is 1. The summed E-state index contributed by atoms with van der Waals surface area (Å²) >= 11 is 0. The van der Waals surface area contributed by atoms with Gasteiger partial charge < -0.3 is 25.6 Å². The Hall–Kier alpha value is -2.87. The summed E-state index contributed by atoms with van der Waals surface area (Å²) in [6, 6.07) is 7.21. The number of amides is 2. The Labute approximate surface area is 181 Å². The van der Waals surface area contributed by atoms with Gasteiger partial charge in [0.05, 0.1) is 5.92 Å². The maximum absolute atomic E-state index is 13.0. The highest BCUT2D eigenvalue weighted by atomic mass is 16.5. The van der Waals surface area contributed by atoms with E-state index in [2.05, 4.69) is 10.5 Å². The van der Waals surface area contributed by atoms with Gasteiger partial charge in [-0.25, -0.2) is 0 Å². The molecule has 1 saturated heterocycles. The lowest BCUT2D eigenvalue weighted by Crippen LogP contribution is -2.49. The Balaban J connectivity index is 1.27. The Kier molecular flexibility index (Phi) is 6.27. The molecule has 4 rings (SSSR count). The van der Waals surface area contributed by atoms with Gasteiger partial charge >= 0.3 is 0 Å². The van der Waals surface area contributed by atoms with Crippen LogP contribution in [0.4, 0.5) is 0 Å². The number of nitrogens with zero attached hydrogens (tertiary/aromatic N) is 2. The van der Waals surface area contributed by atoms with Gasteiger partial charge in [0.25, 0.3) is 5.91 Å². The van der Waals surface area contributed by atoms with Crippen LogP contribution in [0.25, 0.3) is 0 Å². The molecule has 4 N–H and O–H groups in total. The van der Waals surface area contributed by atoms with E-state index < -0.39 is 0 Å². The molecule has 2 aliphatic rings. The first-order chi connectivity index (χ1) is 14.9. The van der Waals surface area contributed by atoms with Gasteiger partial charge in [0.1, 0.15) is 11.5 Å². The van der Waals surface area contributed by atoms with Crippen molar-refractivity contribution in [2.45, 2.75) is 51.0 Å². The van der Waals surface area contributed by atoms with E-state index >= 15 is 0 Å². The maximum Gasteiger partial charge on any atom is 0.273 e. The monoisotopic (exact) mass is 426 g/mol. The van der Waals surface area contributed by atoms with Crippen LogP contribution in [0.3, 0.4) is 0 Å². The minimum atomic E-state index is -0.329. The average Bonchev–Trinajstić information content (AvgIpc) is 3.50. The summed E-state index contributed by atoms with van der Waals surface area (Å²) in [5, 5.41) is 16.8. The smallest absolute Gasteiger partial charge is 0.273 e. The fourth-order valence-corrected chi connectivity index (χ4v) is 4.06. The third-order valence-electron chi connectivity index (χ3n) is 6.27. The zero-order valence-corrected chi connectivity index (χ0v) is 17.8. The predicted octanol–water partition coefficient (Wildman–Crippen LogP) is 2.10. The first-order valence-corrected chi connectivity index (χ1v) is 11.0. The van der Waals surface area contributed by atoms with Crippen LogP contribution in [0, 0.1) is 12.8 Å². The zero-order valence-electron chi connectivity index (χ0n) is 17.8. The van der Waals surface area contributed by atoms with Crippen molar-refractivity contribution >= 4 is 11.8 Å². The second-order valence-corrected chi connectivity index (χ2v) is 8.72. The number of rotatable bonds is 7. The fourth-order valence-electron chi connectivity index (χ4n) is 4.06. The van der Waals surface area contributed by atoms with Gasteiger partial charge in [-0.3, -0.25) is 9.59 Å².